The van der Waals surface area contributed by atoms with Gasteiger partial charge in [-0.05, 0) is 43.5 Å². The Balaban J connectivity index is 1.88. The van der Waals surface area contributed by atoms with Crippen LogP contribution >= 0.6 is 0 Å². The molecule has 1 aromatic carbocycles. The Morgan fingerprint density at radius 2 is 1.93 bits per heavy atom. The number of nitrogens with zero attached hydrogens (tertiary/aromatic N) is 7. The van der Waals surface area contributed by atoms with Crippen LogP contribution in [0.3, 0.4) is 0 Å². The Bertz CT molecular complexity index is 1930. The summed E-state index contributed by atoms with van der Waals surface area (Å²) in [6.45, 7) is 12.0. The molecule has 1 saturated heterocycles. The molecule has 13 heteroatoms. The van der Waals surface area contributed by atoms with Crippen LogP contribution in [-0.4, -0.2) is 75.2 Å². The van der Waals surface area contributed by atoms with Gasteiger partial charge in [0.15, 0.2) is 21.3 Å². The Labute approximate surface area is 249 Å². The first-order chi connectivity index (χ1) is 20.2. The van der Waals surface area contributed by atoms with E-state index in [9.17, 15) is 18.0 Å². The molecule has 226 valence electrons. The van der Waals surface area contributed by atoms with Gasteiger partial charge in [-0.25, -0.2) is 32.1 Å². The van der Waals surface area contributed by atoms with Crippen molar-refractivity contribution < 1.29 is 17.6 Å². The van der Waals surface area contributed by atoms with E-state index in [1.165, 1.54) is 22.8 Å². The maximum absolute atomic E-state index is 16.0. The Hall–Kier alpha value is -4.39. The molecule has 1 atom stereocenters. The molecule has 0 aliphatic carbocycles. The number of pyridine rings is 1. The third-order valence-corrected chi connectivity index (χ3v) is 8.94. The topological polar surface area (TPSA) is 123 Å². The molecular weight excluding hydrogens is 573 g/mol. The molecule has 0 radical (unpaired) electrons. The molecule has 5 rings (SSSR count). The predicted octanol–water partition coefficient (Wildman–Crippen LogP) is 3.38. The van der Waals surface area contributed by atoms with E-state index in [2.05, 4.69) is 16.5 Å². The number of anilines is 1. The lowest BCUT2D eigenvalue weighted by Gasteiger charge is -2.40. The first-order valence-corrected chi connectivity index (χ1v) is 15.8. The second-order valence-corrected chi connectivity index (χ2v) is 13.2. The van der Waals surface area contributed by atoms with Crippen LogP contribution < -0.4 is 10.6 Å². The number of imidazole rings is 1. The van der Waals surface area contributed by atoms with Gasteiger partial charge in [-0.15, -0.1) is 0 Å². The number of aryl methyl sites for hydroxylation is 2. The molecule has 43 heavy (non-hydrogen) atoms. The smallest absolute Gasteiger partial charge is 0.350 e. The first-order valence-electron chi connectivity index (χ1n) is 13.9. The van der Waals surface area contributed by atoms with Crippen molar-refractivity contribution in [2.24, 2.45) is 7.05 Å². The van der Waals surface area contributed by atoms with E-state index in [0.717, 1.165) is 6.26 Å². The molecule has 0 unspecified atom stereocenters. The minimum Gasteiger partial charge on any atom is -0.350 e. The summed E-state index contributed by atoms with van der Waals surface area (Å²) >= 11 is 0. The van der Waals surface area contributed by atoms with E-state index >= 15 is 4.39 Å². The largest absolute Gasteiger partial charge is 0.355 e. The van der Waals surface area contributed by atoms with E-state index in [4.69, 9.17) is 4.98 Å². The van der Waals surface area contributed by atoms with Crippen LogP contribution in [0.1, 0.15) is 37.9 Å². The maximum atomic E-state index is 16.0. The summed E-state index contributed by atoms with van der Waals surface area (Å²) in [6.07, 6.45) is 3.88. The number of rotatable bonds is 6. The number of hydrogen-bond acceptors (Lipinski definition) is 8. The summed E-state index contributed by atoms with van der Waals surface area (Å²) in [4.78, 5) is 43.2. The highest BCUT2D eigenvalue weighted by Gasteiger charge is 2.31. The van der Waals surface area contributed by atoms with Crippen LogP contribution in [0.5, 0.6) is 0 Å². The average Bonchev–Trinajstić information content (AvgIpc) is 3.28. The summed E-state index contributed by atoms with van der Waals surface area (Å²) in [5, 5.41) is 0.231. The number of benzene rings is 1. The first kappa shape index (κ1) is 30.1. The Morgan fingerprint density at radius 3 is 2.51 bits per heavy atom. The van der Waals surface area contributed by atoms with Gasteiger partial charge in [0.1, 0.15) is 11.5 Å². The highest BCUT2D eigenvalue weighted by Crippen LogP contribution is 2.35. The summed E-state index contributed by atoms with van der Waals surface area (Å²) in [6, 6.07) is 5.84. The Morgan fingerprint density at radius 1 is 1.21 bits per heavy atom. The zero-order chi connectivity index (χ0) is 31.4. The van der Waals surface area contributed by atoms with Crippen LogP contribution in [0, 0.1) is 12.7 Å². The lowest BCUT2D eigenvalue weighted by atomic mass is 10.0. The van der Waals surface area contributed by atoms with E-state index in [1.807, 2.05) is 25.7 Å². The lowest BCUT2D eigenvalue weighted by molar-refractivity contribution is -0.126. The molecule has 1 fully saturated rings. The summed E-state index contributed by atoms with van der Waals surface area (Å²) < 4.78 is 44.9. The van der Waals surface area contributed by atoms with Crippen molar-refractivity contribution in [3.05, 3.63) is 70.8 Å². The van der Waals surface area contributed by atoms with Crippen molar-refractivity contribution in [3.63, 3.8) is 0 Å². The highest BCUT2D eigenvalue weighted by molar-refractivity contribution is 7.90. The minimum atomic E-state index is -3.81. The number of amides is 1. The van der Waals surface area contributed by atoms with Crippen molar-refractivity contribution in [1.82, 2.24) is 29.0 Å². The van der Waals surface area contributed by atoms with Crippen LogP contribution in [0.2, 0.25) is 0 Å². The van der Waals surface area contributed by atoms with Gasteiger partial charge < -0.3 is 14.4 Å². The number of carbonyl (C=O) groups excluding carboxylic acids is 1. The number of halogens is 1. The quantitative estimate of drug-likeness (QED) is 0.306. The molecule has 1 amide bonds. The zero-order valence-corrected chi connectivity index (χ0v) is 25.8. The van der Waals surface area contributed by atoms with Gasteiger partial charge in [0.25, 0.3) is 0 Å². The minimum absolute atomic E-state index is 0.0346. The molecule has 1 aliphatic rings. The number of fused-ring (bicyclic) bond motifs is 1. The third-order valence-electron chi connectivity index (χ3n) is 7.81. The second-order valence-electron chi connectivity index (χ2n) is 11.2. The summed E-state index contributed by atoms with van der Waals surface area (Å²) in [5.41, 5.74) is 0.943. The van der Waals surface area contributed by atoms with Gasteiger partial charge in [-0.3, -0.25) is 4.79 Å². The third kappa shape index (κ3) is 5.22. The number of hydrogen-bond donors (Lipinski definition) is 0. The molecule has 0 N–H and O–H groups in total. The van der Waals surface area contributed by atoms with Gasteiger partial charge in [0.05, 0.1) is 33.7 Å². The summed E-state index contributed by atoms with van der Waals surface area (Å²) in [7, 11) is -2.10. The normalized spacial score (nSPS) is 15.9. The van der Waals surface area contributed by atoms with Crippen LogP contribution in [0.25, 0.3) is 28.1 Å². The zero-order valence-electron chi connectivity index (χ0n) is 25.0. The summed E-state index contributed by atoms with van der Waals surface area (Å²) in [5.74, 6) is -0.826. The fourth-order valence-corrected chi connectivity index (χ4v) is 6.61. The standard InChI is InChI=1S/C30H34FN7O4S/c1-8-24(39)36-12-13-37(18(4)15-36)28-21-14-22(31)25(26-19(5)32-16-35(26)6)33-29(21)38(30(40)34-28)27-20(17(2)3)10-9-11-23(27)43(7,41)42/h8-11,14,16-18H,1,12-13,15H2,2-7H3/t18-/m0/s1. The van der Waals surface area contributed by atoms with E-state index in [0.29, 0.717) is 36.6 Å². The van der Waals surface area contributed by atoms with Gasteiger partial charge >= 0.3 is 5.69 Å². The van der Waals surface area contributed by atoms with Crippen LogP contribution in [0.4, 0.5) is 10.2 Å². The number of aromatic nitrogens is 5. The van der Waals surface area contributed by atoms with Crippen molar-refractivity contribution >= 4 is 32.6 Å². The predicted molar refractivity (Wildman–Crippen MR) is 163 cm³/mol. The number of piperazine rings is 1. The maximum Gasteiger partial charge on any atom is 0.355 e. The Kier molecular flexibility index (Phi) is 7.71. The molecular formula is C30H34FN7O4S. The fraction of sp³-hybridized carbons (Fsp3) is 0.367. The monoisotopic (exact) mass is 607 g/mol. The molecule has 0 bridgehead atoms. The van der Waals surface area contributed by atoms with E-state index in [1.54, 1.807) is 41.9 Å². The molecule has 4 aromatic rings. The second kappa shape index (κ2) is 11.0. The van der Waals surface area contributed by atoms with E-state index < -0.39 is 21.3 Å². The van der Waals surface area contributed by atoms with Gasteiger partial charge in [-0.2, -0.15) is 4.98 Å². The lowest BCUT2D eigenvalue weighted by Crippen LogP contribution is -2.54. The van der Waals surface area contributed by atoms with Crippen molar-refractivity contribution in [3.8, 4) is 17.1 Å². The van der Waals surface area contributed by atoms with Crippen molar-refractivity contribution in [2.75, 3.05) is 30.8 Å². The molecule has 0 saturated carbocycles. The molecule has 11 nitrogen and oxygen atoms in total. The highest BCUT2D eigenvalue weighted by atomic mass is 32.2. The van der Waals surface area contributed by atoms with Crippen LogP contribution in [-0.2, 0) is 21.7 Å². The molecule has 0 spiro atoms. The molecule has 4 heterocycles. The van der Waals surface area contributed by atoms with Gasteiger partial charge in [-0.1, -0.05) is 32.6 Å². The van der Waals surface area contributed by atoms with Crippen LogP contribution in [0.15, 0.2) is 52.9 Å². The fourth-order valence-electron chi connectivity index (χ4n) is 5.72. The van der Waals surface area contributed by atoms with Gasteiger partial charge in [0.2, 0.25) is 5.91 Å². The molecule has 1 aliphatic heterocycles. The average molecular weight is 608 g/mol. The van der Waals surface area contributed by atoms with Crippen molar-refractivity contribution in [2.45, 2.75) is 44.6 Å². The molecule has 3 aromatic heterocycles. The van der Waals surface area contributed by atoms with Gasteiger partial charge in [0, 0.05) is 39.0 Å². The SMILES string of the molecule is C=CC(=O)N1CCN(c2nc(=O)n(-c3c(C(C)C)cccc3S(C)(=O)=O)c3nc(-c4c(C)ncn4C)c(F)cc23)[C@@H](C)C1. The number of carbonyl (C=O) groups is 1. The van der Waals surface area contributed by atoms with Crippen molar-refractivity contribution in [1.29, 1.82) is 0 Å². The van der Waals surface area contributed by atoms with E-state index in [-0.39, 0.29) is 51.0 Å². The number of para-hydroxylation sites is 1. The number of sulfone groups is 1.